The maximum atomic E-state index is 10.2. The summed E-state index contributed by atoms with van der Waals surface area (Å²) in [6.07, 6.45) is 0. The third-order valence-corrected chi connectivity index (χ3v) is 3.98. The molecule has 0 aromatic carbocycles. The molecule has 2 N–H and O–H groups in total. The highest BCUT2D eigenvalue weighted by atomic mass is 32.1. The van der Waals surface area contributed by atoms with E-state index in [9.17, 15) is 5.11 Å². The van der Waals surface area contributed by atoms with Gasteiger partial charge in [0.2, 0.25) is 0 Å². The smallest absolute Gasteiger partial charge is 0.0982 e. The van der Waals surface area contributed by atoms with Gasteiger partial charge in [-0.2, -0.15) is 0 Å². The topological polar surface area (TPSA) is 48.4 Å². The van der Waals surface area contributed by atoms with E-state index in [0.29, 0.717) is 19.6 Å². The Balaban J connectivity index is 2.43. The summed E-state index contributed by atoms with van der Waals surface area (Å²) < 4.78 is 0. The number of hydrogen-bond donors (Lipinski definition) is 2. The molecule has 0 saturated carbocycles. The predicted octanol–water partition coefficient (Wildman–Crippen LogP) is 1.84. The van der Waals surface area contributed by atoms with Crippen LogP contribution in [0, 0.1) is 0 Å². The van der Waals surface area contributed by atoms with Crippen molar-refractivity contribution in [3.63, 3.8) is 0 Å². The van der Waals surface area contributed by atoms with E-state index >= 15 is 0 Å². The molecule has 0 fully saturated rings. The number of thiazole rings is 1. The Hall–Kier alpha value is -0.490. The standard InChI is InChI=1S/C14H27N3OS/c1-13(2,3)12-16-11(8-19-12)7-15-9-14(4,18)10-17(5)6/h8,15,18H,7,9-10H2,1-6H3. The van der Waals surface area contributed by atoms with Gasteiger partial charge in [-0.25, -0.2) is 4.98 Å². The summed E-state index contributed by atoms with van der Waals surface area (Å²) in [4.78, 5) is 6.61. The lowest BCUT2D eigenvalue weighted by molar-refractivity contribution is 0.0335. The minimum atomic E-state index is -0.716. The van der Waals surface area contributed by atoms with Gasteiger partial charge in [-0.05, 0) is 21.0 Å². The molecule has 0 bridgehead atoms. The Kier molecular flexibility index (Phi) is 5.50. The van der Waals surface area contributed by atoms with Crippen LogP contribution in [-0.2, 0) is 12.0 Å². The molecule has 0 amide bonds. The van der Waals surface area contributed by atoms with Gasteiger partial charge in [-0.15, -0.1) is 11.3 Å². The van der Waals surface area contributed by atoms with Crippen LogP contribution in [0.5, 0.6) is 0 Å². The maximum Gasteiger partial charge on any atom is 0.0982 e. The molecule has 0 spiro atoms. The zero-order chi connectivity index (χ0) is 14.7. The molecule has 0 saturated heterocycles. The number of hydrogen-bond acceptors (Lipinski definition) is 5. The number of nitrogens with one attached hydrogen (secondary N) is 1. The molecule has 5 heteroatoms. The van der Waals surface area contributed by atoms with Crippen LogP contribution in [-0.4, -0.2) is 47.8 Å². The van der Waals surface area contributed by atoms with E-state index in [-0.39, 0.29) is 5.41 Å². The fraction of sp³-hybridized carbons (Fsp3) is 0.786. The Morgan fingerprint density at radius 3 is 2.42 bits per heavy atom. The third kappa shape index (κ3) is 5.99. The lowest BCUT2D eigenvalue weighted by atomic mass is 9.98. The van der Waals surface area contributed by atoms with Crippen molar-refractivity contribution in [2.24, 2.45) is 0 Å². The van der Waals surface area contributed by atoms with E-state index in [2.05, 4.69) is 36.5 Å². The van der Waals surface area contributed by atoms with Gasteiger partial charge in [0.15, 0.2) is 0 Å². The summed E-state index contributed by atoms with van der Waals surface area (Å²) in [5.74, 6) is 0. The van der Waals surface area contributed by atoms with Crippen LogP contribution in [0.15, 0.2) is 5.38 Å². The minimum Gasteiger partial charge on any atom is -0.388 e. The van der Waals surface area contributed by atoms with Crippen LogP contribution in [0.2, 0.25) is 0 Å². The first-order valence-electron chi connectivity index (χ1n) is 6.63. The van der Waals surface area contributed by atoms with Gasteiger partial charge in [-0.1, -0.05) is 20.8 Å². The molecular formula is C14H27N3OS. The van der Waals surface area contributed by atoms with Gasteiger partial charge in [0.05, 0.1) is 16.3 Å². The van der Waals surface area contributed by atoms with Crippen molar-refractivity contribution in [2.75, 3.05) is 27.2 Å². The quantitative estimate of drug-likeness (QED) is 0.837. The molecule has 0 aliphatic rings. The normalized spacial score (nSPS) is 15.8. The van der Waals surface area contributed by atoms with Crippen molar-refractivity contribution in [2.45, 2.75) is 45.3 Å². The van der Waals surface area contributed by atoms with Gasteiger partial charge in [0.1, 0.15) is 0 Å². The largest absolute Gasteiger partial charge is 0.388 e. The van der Waals surface area contributed by atoms with E-state index in [1.807, 2.05) is 25.9 Å². The SMILES string of the molecule is CN(C)CC(C)(O)CNCc1csc(C(C)(C)C)n1. The van der Waals surface area contributed by atoms with Crippen LogP contribution in [0.4, 0.5) is 0 Å². The van der Waals surface area contributed by atoms with Crippen molar-refractivity contribution in [3.05, 3.63) is 16.1 Å². The highest BCUT2D eigenvalue weighted by Gasteiger charge is 2.21. The fourth-order valence-electron chi connectivity index (χ4n) is 1.93. The van der Waals surface area contributed by atoms with Crippen LogP contribution in [0.25, 0.3) is 0 Å². The average Bonchev–Trinajstić information content (AvgIpc) is 2.62. The van der Waals surface area contributed by atoms with E-state index in [4.69, 9.17) is 0 Å². The van der Waals surface area contributed by atoms with Gasteiger partial charge in [0, 0.05) is 30.4 Å². The van der Waals surface area contributed by atoms with E-state index in [0.717, 1.165) is 10.7 Å². The van der Waals surface area contributed by atoms with Gasteiger partial charge < -0.3 is 15.3 Å². The summed E-state index contributed by atoms with van der Waals surface area (Å²) in [5.41, 5.74) is 0.446. The molecule has 1 aromatic heterocycles. The first kappa shape index (κ1) is 16.6. The molecular weight excluding hydrogens is 258 g/mol. The number of rotatable bonds is 6. The molecule has 1 atom stereocenters. The zero-order valence-corrected chi connectivity index (χ0v) is 13.8. The van der Waals surface area contributed by atoms with Gasteiger partial charge in [-0.3, -0.25) is 0 Å². The molecule has 1 aromatic rings. The van der Waals surface area contributed by atoms with Crippen LogP contribution in [0.1, 0.15) is 38.4 Å². The second kappa shape index (κ2) is 6.31. The van der Waals surface area contributed by atoms with Crippen molar-refractivity contribution in [1.82, 2.24) is 15.2 Å². The first-order valence-corrected chi connectivity index (χ1v) is 7.51. The lowest BCUT2D eigenvalue weighted by Crippen LogP contribution is -2.45. The molecule has 1 unspecified atom stereocenters. The molecule has 4 nitrogen and oxygen atoms in total. The molecule has 1 rings (SSSR count). The maximum absolute atomic E-state index is 10.2. The Bertz CT molecular complexity index is 394. The fourth-order valence-corrected chi connectivity index (χ4v) is 2.84. The van der Waals surface area contributed by atoms with Crippen molar-refractivity contribution < 1.29 is 5.11 Å². The molecule has 0 aliphatic carbocycles. The average molecular weight is 285 g/mol. The second-order valence-electron chi connectivity index (χ2n) is 6.73. The van der Waals surface area contributed by atoms with Crippen molar-refractivity contribution in [3.8, 4) is 0 Å². The Labute approximate surface area is 120 Å². The van der Waals surface area contributed by atoms with E-state index in [1.165, 1.54) is 0 Å². The highest BCUT2D eigenvalue weighted by molar-refractivity contribution is 7.09. The first-order chi connectivity index (χ1) is 8.60. The van der Waals surface area contributed by atoms with E-state index < -0.39 is 5.60 Å². The van der Waals surface area contributed by atoms with Crippen LogP contribution < -0.4 is 5.32 Å². The van der Waals surface area contributed by atoms with Crippen molar-refractivity contribution in [1.29, 1.82) is 0 Å². The van der Waals surface area contributed by atoms with Crippen LogP contribution in [0.3, 0.4) is 0 Å². The molecule has 0 aliphatic heterocycles. The molecule has 19 heavy (non-hydrogen) atoms. The molecule has 110 valence electrons. The minimum absolute atomic E-state index is 0.110. The number of aliphatic hydroxyl groups is 1. The summed E-state index contributed by atoms with van der Waals surface area (Å²) in [5, 5.41) is 16.7. The lowest BCUT2D eigenvalue weighted by Gasteiger charge is -2.27. The van der Waals surface area contributed by atoms with E-state index in [1.54, 1.807) is 11.3 Å². The Morgan fingerprint density at radius 2 is 1.95 bits per heavy atom. The van der Waals surface area contributed by atoms with Crippen LogP contribution >= 0.6 is 11.3 Å². The zero-order valence-electron chi connectivity index (χ0n) is 12.9. The summed E-state index contributed by atoms with van der Waals surface area (Å²) in [7, 11) is 3.93. The summed E-state index contributed by atoms with van der Waals surface area (Å²) in [6.45, 7) is 10.3. The number of nitrogens with zero attached hydrogens (tertiary/aromatic N) is 2. The van der Waals surface area contributed by atoms with Gasteiger partial charge in [0.25, 0.3) is 0 Å². The van der Waals surface area contributed by atoms with Gasteiger partial charge >= 0.3 is 0 Å². The molecule has 0 radical (unpaired) electrons. The monoisotopic (exact) mass is 285 g/mol. The summed E-state index contributed by atoms with van der Waals surface area (Å²) in [6, 6.07) is 0. The second-order valence-corrected chi connectivity index (χ2v) is 7.59. The highest BCUT2D eigenvalue weighted by Crippen LogP contribution is 2.25. The summed E-state index contributed by atoms with van der Waals surface area (Å²) >= 11 is 1.70. The Morgan fingerprint density at radius 1 is 1.32 bits per heavy atom. The molecule has 1 heterocycles. The number of aromatic nitrogens is 1. The third-order valence-electron chi connectivity index (χ3n) is 2.66. The number of likely N-dealkylation sites (N-methyl/N-ethyl adjacent to an activating group) is 1. The predicted molar refractivity (Wildman–Crippen MR) is 81.7 cm³/mol. The van der Waals surface area contributed by atoms with Crippen molar-refractivity contribution >= 4 is 11.3 Å².